The highest BCUT2D eigenvalue weighted by Gasteiger charge is 2.19. The van der Waals surface area contributed by atoms with Crippen molar-refractivity contribution in [1.82, 2.24) is 9.80 Å². The minimum Gasteiger partial charge on any atom is -0.508 e. The summed E-state index contributed by atoms with van der Waals surface area (Å²) >= 11 is 0. The van der Waals surface area contributed by atoms with Gasteiger partial charge in [0.1, 0.15) is 11.5 Å². The second-order valence-electron chi connectivity index (χ2n) is 7.60. The highest BCUT2D eigenvalue weighted by Crippen LogP contribution is 2.25. The number of anilines is 2. The van der Waals surface area contributed by atoms with Crippen molar-refractivity contribution in [2.24, 2.45) is 0 Å². The van der Waals surface area contributed by atoms with Crippen LogP contribution in [0.4, 0.5) is 11.4 Å². The van der Waals surface area contributed by atoms with E-state index in [0.717, 1.165) is 37.3 Å². The van der Waals surface area contributed by atoms with Crippen LogP contribution in [0.25, 0.3) is 0 Å². The Bertz CT molecular complexity index is 848. The average Bonchev–Trinajstić information content (AvgIpc) is 2.68. The van der Waals surface area contributed by atoms with Gasteiger partial charge in [-0.05, 0) is 36.4 Å². The summed E-state index contributed by atoms with van der Waals surface area (Å²) in [6.45, 7) is 7.36. The first kappa shape index (κ1) is 21.6. The van der Waals surface area contributed by atoms with Crippen LogP contribution in [0.2, 0.25) is 0 Å². The Morgan fingerprint density at radius 3 is 1.47 bits per heavy atom. The van der Waals surface area contributed by atoms with Crippen LogP contribution >= 0.6 is 0 Å². The molecule has 0 radical (unpaired) electrons. The van der Waals surface area contributed by atoms with Gasteiger partial charge in [0, 0.05) is 75.6 Å². The molecule has 0 unspecified atom stereocenters. The predicted octanol–water partition coefficient (Wildman–Crippen LogP) is 2.33. The molecule has 1 heterocycles. The number of aromatic hydroxyl groups is 2. The molecule has 1 aliphatic rings. The molecule has 2 aromatic carbocycles. The first-order valence-electron chi connectivity index (χ1n) is 9.94. The van der Waals surface area contributed by atoms with Crippen LogP contribution in [0.1, 0.15) is 25.0 Å². The fraction of sp³-hybridized carbons (Fsp3) is 0.364. The maximum atomic E-state index is 11.3. The number of piperazine rings is 1. The van der Waals surface area contributed by atoms with Crippen molar-refractivity contribution >= 4 is 23.2 Å². The van der Waals surface area contributed by atoms with Crippen molar-refractivity contribution in [3.63, 3.8) is 0 Å². The molecule has 3 rings (SSSR count). The van der Waals surface area contributed by atoms with E-state index in [-0.39, 0.29) is 23.3 Å². The average molecular weight is 412 g/mol. The van der Waals surface area contributed by atoms with Crippen molar-refractivity contribution in [3.05, 3.63) is 47.5 Å². The van der Waals surface area contributed by atoms with E-state index < -0.39 is 0 Å². The van der Waals surface area contributed by atoms with Gasteiger partial charge in [-0.2, -0.15) is 0 Å². The fourth-order valence-electron chi connectivity index (χ4n) is 3.57. The van der Waals surface area contributed by atoms with Gasteiger partial charge in [-0.25, -0.2) is 0 Å². The van der Waals surface area contributed by atoms with Gasteiger partial charge in [-0.15, -0.1) is 0 Å². The molecular weight excluding hydrogens is 384 g/mol. The van der Waals surface area contributed by atoms with Gasteiger partial charge in [0.15, 0.2) is 0 Å². The molecule has 2 amide bonds. The van der Waals surface area contributed by atoms with E-state index in [1.54, 1.807) is 36.4 Å². The zero-order valence-corrected chi connectivity index (χ0v) is 17.3. The van der Waals surface area contributed by atoms with Crippen LogP contribution in [0.5, 0.6) is 11.5 Å². The smallest absolute Gasteiger partial charge is 0.221 e. The summed E-state index contributed by atoms with van der Waals surface area (Å²) in [4.78, 5) is 27.0. The van der Waals surface area contributed by atoms with E-state index in [9.17, 15) is 19.8 Å². The molecule has 1 fully saturated rings. The number of benzene rings is 2. The number of phenols is 2. The van der Waals surface area contributed by atoms with Crippen molar-refractivity contribution in [2.45, 2.75) is 26.9 Å². The standard InChI is InChI=1S/C22H28N4O4/c1-15(27)23-19-3-5-21(29)17(11-19)13-25-7-9-26(10-8-25)14-18-12-20(24-16(2)28)4-6-22(18)30/h3-6,11-12,29-30H,7-10,13-14H2,1-2H3,(H,23,27)(H,24,28). The molecule has 8 heteroatoms. The SMILES string of the molecule is CC(=O)Nc1ccc(O)c(CN2CCN(Cc3cc(NC(C)=O)ccc3O)CC2)c1. The Morgan fingerprint density at radius 2 is 1.13 bits per heavy atom. The number of carbonyl (C=O) groups excluding carboxylic acids is 2. The van der Waals surface area contributed by atoms with Gasteiger partial charge < -0.3 is 20.8 Å². The van der Waals surface area contributed by atoms with Gasteiger partial charge in [0.05, 0.1) is 0 Å². The van der Waals surface area contributed by atoms with Gasteiger partial charge in [-0.1, -0.05) is 0 Å². The van der Waals surface area contributed by atoms with Crippen molar-refractivity contribution in [3.8, 4) is 11.5 Å². The van der Waals surface area contributed by atoms with Crippen molar-refractivity contribution < 1.29 is 19.8 Å². The molecule has 30 heavy (non-hydrogen) atoms. The van der Waals surface area contributed by atoms with Crippen LogP contribution in [0.15, 0.2) is 36.4 Å². The molecule has 0 aliphatic carbocycles. The molecule has 8 nitrogen and oxygen atoms in total. The molecule has 1 saturated heterocycles. The molecule has 0 saturated carbocycles. The third-order valence-corrected chi connectivity index (χ3v) is 5.05. The molecular formula is C22H28N4O4. The Kier molecular flexibility index (Phi) is 6.91. The highest BCUT2D eigenvalue weighted by atomic mass is 16.3. The Labute approximate surface area is 176 Å². The van der Waals surface area contributed by atoms with Crippen LogP contribution in [0.3, 0.4) is 0 Å². The fourth-order valence-corrected chi connectivity index (χ4v) is 3.57. The van der Waals surface area contributed by atoms with E-state index >= 15 is 0 Å². The quantitative estimate of drug-likeness (QED) is 0.543. The van der Waals surface area contributed by atoms with Gasteiger partial charge >= 0.3 is 0 Å². The Hall–Kier alpha value is -3.10. The minimum atomic E-state index is -0.147. The maximum absolute atomic E-state index is 11.3. The number of nitrogens with zero attached hydrogens (tertiary/aromatic N) is 2. The highest BCUT2D eigenvalue weighted by molar-refractivity contribution is 5.89. The summed E-state index contributed by atoms with van der Waals surface area (Å²) in [5.41, 5.74) is 2.89. The lowest BCUT2D eigenvalue weighted by molar-refractivity contribution is -0.115. The third-order valence-electron chi connectivity index (χ3n) is 5.05. The second-order valence-corrected chi connectivity index (χ2v) is 7.60. The molecule has 1 aliphatic heterocycles. The summed E-state index contributed by atoms with van der Waals surface area (Å²) < 4.78 is 0. The molecule has 0 spiro atoms. The molecule has 0 atom stereocenters. The normalized spacial score (nSPS) is 15.0. The Balaban J connectivity index is 1.57. The molecule has 2 aromatic rings. The minimum absolute atomic E-state index is 0.147. The van der Waals surface area contributed by atoms with Crippen LogP contribution in [0, 0.1) is 0 Å². The number of hydrogen-bond acceptors (Lipinski definition) is 6. The number of rotatable bonds is 6. The lowest BCUT2D eigenvalue weighted by Crippen LogP contribution is -2.45. The zero-order valence-electron chi connectivity index (χ0n) is 17.3. The predicted molar refractivity (Wildman–Crippen MR) is 115 cm³/mol. The van der Waals surface area contributed by atoms with E-state index in [1.165, 1.54) is 13.8 Å². The third kappa shape index (κ3) is 5.95. The summed E-state index contributed by atoms with van der Waals surface area (Å²) in [5, 5.41) is 25.8. The number of hydrogen-bond donors (Lipinski definition) is 4. The Morgan fingerprint density at radius 1 is 0.767 bits per heavy atom. The van der Waals surface area contributed by atoms with Crippen LogP contribution < -0.4 is 10.6 Å². The van der Waals surface area contributed by atoms with Gasteiger partial charge in [0.25, 0.3) is 0 Å². The number of amides is 2. The second kappa shape index (κ2) is 9.60. The summed E-state index contributed by atoms with van der Waals surface area (Å²) in [7, 11) is 0. The van der Waals surface area contributed by atoms with Gasteiger partial charge in [-0.3, -0.25) is 19.4 Å². The van der Waals surface area contributed by atoms with Crippen molar-refractivity contribution in [1.29, 1.82) is 0 Å². The molecule has 4 N–H and O–H groups in total. The lowest BCUT2D eigenvalue weighted by Gasteiger charge is -2.35. The van der Waals surface area contributed by atoms with E-state index in [2.05, 4.69) is 20.4 Å². The first-order valence-corrected chi connectivity index (χ1v) is 9.94. The summed E-state index contributed by atoms with van der Waals surface area (Å²) in [5.74, 6) is 0.134. The lowest BCUT2D eigenvalue weighted by atomic mass is 10.1. The summed E-state index contributed by atoms with van der Waals surface area (Å²) in [6.07, 6.45) is 0. The topological polar surface area (TPSA) is 105 Å². The van der Waals surface area contributed by atoms with E-state index in [4.69, 9.17) is 0 Å². The molecule has 160 valence electrons. The van der Waals surface area contributed by atoms with Crippen molar-refractivity contribution in [2.75, 3.05) is 36.8 Å². The molecule has 0 bridgehead atoms. The number of carbonyl (C=O) groups is 2. The number of phenolic OH excluding ortho intramolecular Hbond substituents is 2. The first-order chi connectivity index (χ1) is 14.3. The van der Waals surface area contributed by atoms with Gasteiger partial charge in [0.2, 0.25) is 11.8 Å². The maximum Gasteiger partial charge on any atom is 0.221 e. The van der Waals surface area contributed by atoms with E-state index in [0.29, 0.717) is 24.5 Å². The largest absolute Gasteiger partial charge is 0.508 e. The van der Waals surface area contributed by atoms with Crippen LogP contribution in [-0.4, -0.2) is 58.0 Å². The number of nitrogens with one attached hydrogen (secondary N) is 2. The zero-order chi connectivity index (χ0) is 21.7. The monoisotopic (exact) mass is 412 g/mol. The molecule has 0 aromatic heterocycles. The van der Waals surface area contributed by atoms with Crippen LogP contribution in [-0.2, 0) is 22.7 Å². The summed E-state index contributed by atoms with van der Waals surface area (Å²) in [6, 6.07) is 10.2. The van der Waals surface area contributed by atoms with E-state index in [1.807, 2.05) is 0 Å².